The number of aromatic nitrogens is 2. The molecule has 0 amide bonds. The van der Waals surface area contributed by atoms with Crippen LogP contribution in [0, 0.1) is 13.8 Å². The maximum atomic E-state index is 5.94. The Balaban J connectivity index is 1.53. The number of pyridine rings is 1. The molecule has 172 valence electrons. The second kappa shape index (κ2) is 8.67. The van der Waals surface area contributed by atoms with Gasteiger partial charge in [0.15, 0.2) is 5.11 Å². The fourth-order valence-electron chi connectivity index (χ4n) is 5.22. The van der Waals surface area contributed by atoms with E-state index in [0.29, 0.717) is 5.11 Å². The minimum absolute atomic E-state index is 0.0694. The van der Waals surface area contributed by atoms with Crippen LogP contribution in [0.2, 0.25) is 0 Å². The van der Waals surface area contributed by atoms with Gasteiger partial charge in [-0.15, -0.1) is 0 Å². The SMILES string of the molecule is Cc1cc(C)cc(N2C(=S)N[C@H](c3ccccn3)[C@@H]2c2cccn2-c2ccc3ccccc3c2)c1. The number of anilines is 1. The quantitative estimate of drug-likeness (QED) is 0.290. The van der Waals surface area contributed by atoms with Crippen molar-refractivity contribution in [3.63, 3.8) is 0 Å². The second-order valence-corrected chi connectivity index (χ2v) is 9.56. The minimum atomic E-state index is -0.0846. The van der Waals surface area contributed by atoms with Crippen molar-refractivity contribution in [1.29, 1.82) is 0 Å². The van der Waals surface area contributed by atoms with E-state index in [1.807, 2.05) is 18.3 Å². The molecule has 0 unspecified atom stereocenters. The van der Waals surface area contributed by atoms with Crippen LogP contribution in [0.15, 0.2) is 103 Å². The summed E-state index contributed by atoms with van der Waals surface area (Å²) in [5.74, 6) is 0. The van der Waals surface area contributed by atoms with E-state index in [1.165, 1.54) is 21.9 Å². The highest BCUT2D eigenvalue weighted by Gasteiger charge is 2.42. The Morgan fingerprint density at radius 2 is 1.54 bits per heavy atom. The van der Waals surface area contributed by atoms with Crippen LogP contribution in [0.4, 0.5) is 5.69 Å². The Bertz CT molecular complexity index is 1520. The minimum Gasteiger partial charge on any atom is -0.351 e. The first-order valence-electron chi connectivity index (χ1n) is 11.8. The van der Waals surface area contributed by atoms with Crippen LogP contribution in [0.25, 0.3) is 16.5 Å². The van der Waals surface area contributed by atoms with E-state index in [-0.39, 0.29) is 12.1 Å². The molecule has 1 fully saturated rings. The van der Waals surface area contributed by atoms with Gasteiger partial charge in [0.2, 0.25) is 0 Å². The third kappa shape index (κ3) is 3.88. The first-order valence-corrected chi connectivity index (χ1v) is 12.2. The number of nitrogens with one attached hydrogen (secondary N) is 1. The van der Waals surface area contributed by atoms with E-state index in [0.717, 1.165) is 22.8 Å². The molecule has 1 aliphatic heterocycles. The van der Waals surface area contributed by atoms with E-state index in [9.17, 15) is 0 Å². The Morgan fingerprint density at radius 3 is 2.31 bits per heavy atom. The molecule has 5 heteroatoms. The van der Waals surface area contributed by atoms with Gasteiger partial charge in [-0.3, -0.25) is 4.98 Å². The molecule has 1 N–H and O–H groups in total. The lowest BCUT2D eigenvalue weighted by atomic mass is 10.00. The maximum Gasteiger partial charge on any atom is 0.174 e. The summed E-state index contributed by atoms with van der Waals surface area (Å²) in [7, 11) is 0. The molecule has 2 aromatic heterocycles. The van der Waals surface area contributed by atoms with Crippen molar-refractivity contribution in [1.82, 2.24) is 14.9 Å². The summed E-state index contributed by atoms with van der Waals surface area (Å²) in [5, 5.41) is 6.75. The van der Waals surface area contributed by atoms with E-state index < -0.39 is 0 Å². The molecule has 0 aliphatic carbocycles. The first kappa shape index (κ1) is 21.6. The monoisotopic (exact) mass is 474 g/mol. The molecule has 0 spiro atoms. The van der Waals surface area contributed by atoms with Crippen molar-refractivity contribution in [2.45, 2.75) is 25.9 Å². The van der Waals surface area contributed by atoms with E-state index >= 15 is 0 Å². The second-order valence-electron chi connectivity index (χ2n) is 9.18. The predicted octanol–water partition coefficient (Wildman–Crippen LogP) is 6.82. The third-order valence-electron chi connectivity index (χ3n) is 6.68. The number of nitrogens with zero attached hydrogens (tertiary/aromatic N) is 3. The van der Waals surface area contributed by atoms with Gasteiger partial charge < -0.3 is 14.8 Å². The van der Waals surface area contributed by atoms with Gasteiger partial charge >= 0.3 is 0 Å². The Hall–Kier alpha value is -3.96. The van der Waals surface area contributed by atoms with Gasteiger partial charge in [0.05, 0.1) is 11.7 Å². The molecule has 3 aromatic carbocycles. The van der Waals surface area contributed by atoms with Crippen LogP contribution < -0.4 is 10.2 Å². The highest BCUT2D eigenvalue weighted by Crippen LogP contribution is 2.42. The zero-order chi connectivity index (χ0) is 23.9. The summed E-state index contributed by atoms with van der Waals surface area (Å²) < 4.78 is 2.28. The number of fused-ring (bicyclic) bond motifs is 1. The fourth-order valence-corrected chi connectivity index (χ4v) is 5.57. The van der Waals surface area contributed by atoms with E-state index in [1.54, 1.807) is 0 Å². The Kier molecular flexibility index (Phi) is 5.34. The van der Waals surface area contributed by atoms with Crippen molar-refractivity contribution in [2.75, 3.05) is 4.90 Å². The van der Waals surface area contributed by atoms with Gasteiger partial charge in [0.25, 0.3) is 0 Å². The summed E-state index contributed by atoms with van der Waals surface area (Å²) in [6.45, 7) is 4.26. The standard InChI is InChI=1S/C30H26N4S/c1-20-16-21(2)18-25(17-20)34-29(28(32-30(34)35)26-10-5-6-14-31-26)27-11-7-15-33(27)24-13-12-22-8-3-4-9-23(22)19-24/h3-19,28-29H,1-2H3,(H,32,35)/t28-,29+/m1/s1. The molecular formula is C30H26N4S. The van der Waals surface area contributed by atoms with Crippen LogP contribution in [0.5, 0.6) is 0 Å². The topological polar surface area (TPSA) is 33.1 Å². The maximum absolute atomic E-state index is 5.94. The molecule has 5 aromatic rings. The lowest BCUT2D eigenvalue weighted by Gasteiger charge is -2.29. The van der Waals surface area contributed by atoms with E-state index in [2.05, 4.69) is 114 Å². The average Bonchev–Trinajstić information content (AvgIpc) is 3.48. The van der Waals surface area contributed by atoms with Crippen LogP contribution in [0.3, 0.4) is 0 Å². The van der Waals surface area contributed by atoms with Crippen LogP contribution in [0.1, 0.15) is 34.6 Å². The highest BCUT2D eigenvalue weighted by atomic mass is 32.1. The van der Waals surface area contributed by atoms with Crippen LogP contribution in [-0.2, 0) is 0 Å². The molecule has 2 atom stereocenters. The average molecular weight is 475 g/mol. The van der Waals surface area contributed by atoms with Crippen molar-refractivity contribution in [2.24, 2.45) is 0 Å². The molecule has 4 nitrogen and oxygen atoms in total. The molecule has 35 heavy (non-hydrogen) atoms. The van der Waals surface area contributed by atoms with Crippen molar-refractivity contribution < 1.29 is 0 Å². The molecule has 0 radical (unpaired) electrons. The molecule has 6 rings (SSSR count). The van der Waals surface area contributed by atoms with Crippen LogP contribution in [-0.4, -0.2) is 14.7 Å². The van der Waals surface area contributed by atoms with E-state index in [4.69, 9.17) is 17.2 Å². The number of rotatable bonds is 4. The van der Waals surface area contributed by atoms with Gasteiger partial charge in [-0.25, -0.2) is 0 Å². The van der Waals surface area contributed by atoms with Gasteiger partial charge in [0.1, 0.15) is 6.04 Å². The number of aryl methyl sites for hydroxylation is 2. The first-order chi connectivity index (χ1) is 17.1. The largest absolute Gasteiger partial charge is 0.351 e. The normalized spacial score (nSPS) is 17.7. The lowest BCUT2D eigenvalue weighted by Crippen LogP contribution is -2.30. The molecule has 3 heterocycles. The lowest BCUT2D eigenvalue weighted by molar-refractivity contribution is 0.549. The molecule has 0 bridgehead atoms. The molecule has 0 saturated carbocycles. The Labute approximate surface area is 210 Å². The summed E-state index contributed by atoms with van der Waals surface area (Å²) in [5.41, 5.74) is 6.78. The summed E-state index contributed by atoms with van der Waals surface area (Å²) >= 11 is 5.94. The van der Waals surface area contributed by atoms with Crippen molar-refractivity contribution in [3.05, 3.63) is 126 Å². The van der Waals surface area contributed by atoms with Gasteiger partial charge in [0, 0.05) is 29.5 Å². The molecular weight excluding hydrogens is 448 g/mol. The zero-order valence-electron chi connectivity index (χ0n) is 19.7. The summed E-state index contributed by atoms with van der Waals surface area (Å²) in [6, 6.07) is 31.9. The summed E-state index contributed by atoms with van der Waals surface area (Å²) in [4.78, 5) is 6.96. The van der Waals surface area contributed by atoms with Gasteiger partial charge in [-0.2, -0.15) is 0 Å². The van der Waals surface area contributed by atoms with Crippen molar-refractivity contribution in [3.8, 4) is 5.69 Å². The number of hydrogen-bond donors (Lipinski definition) is 1. The molecule has 1 saturated heterocycles. The van der Waals surface area contributed by atoms with Crippen LogP contribution >= 0.6 is 12.2 Å². The van der Waals surface area contributed by atoms with Gasteiger partial charge in [-0.05, 0) is 96.5 Å². The third-order valence-corrected chi connectivity index (χ3v) is 6.99. The zero-order valence-corrected chi connectivity index (χ0v) is 20.5. The van der Waals surface area contributed by atoms with Crippen molar-refractivity contribution >= 4 is 33.8 Å². The smallest absolute Gasteiger partial charge is 0.174 e. The van der Waals surface area contributed by atoms with Gasteiger partial charge in [-0.1, -0.05) is 42.5 Å². The number of benzene rings is 3. The number of hydrogen-bond acceptors (Lipinski definition) is 2. The summed E-state index contributed by atoms with van der Waals surface area (Å²) in [6.07, 6.45) is 3.98. The number of thiocarbonyl (C=S) groups is 1. The predicted molar refractivity (Wildman–Crippen MR) is 147 cm³/mol. The fraction of sp³-hybridized carbons (Fsp3) is 0.133. The molecule has 1 aliphatic rings. The Morgan fingerprint density at radius 1 is 0.771 bits per heavy atom. The highest BCUT2D eigenvalue weighted by molar-refractivity contribution is 7.80.